The summed E-state index contributed by atoms with van der Waals surface area (Å²) in [5.74, 6) is 1.75. The highest BCUT2D eigenvalue weighted by Gasteiger charge is 2.51. The Balaban J connectivity index is 1.24. The first-order valence-electron chi connectivity index (χ1n) is 17.6. The number of nitrogen functional groups attached to an aromatic ring is 1. The van der Waals surface area contributed by atoms with E-state index in [1.54, 1.807) is 0 Å². The number of para-hydroxylation sites is 2. The highest BCUT2D eigenvalue weighted by Crippen LogP contribution is 2.63. The molecule has 11 rings (SSSR count). The summed E-state index contributed by atoms with van der Waals surface area (Å²) in [6.45, 7) is 0. The van der Waals surface area contributed by atoms with Gasteiger partial charge in [-0.05, 0) is 95.5 Å². The van der Waals surface area contributed by atoms with E-state index >= 15 is 0 Å². The zero-order chi connectivity index (χ0) is 33.7. The van der Waals surface area contributed by atoms with Crippen LogP contribution in [0.25, 0.3) is 65.7 Å². The van der Waals surface area contributed by atoms with Crippen LogP contribution in [0.1, 0.15) is 22.3 Å². The molecular formula is C49H31NO. The van der Waals surface area contributed by atoms with Crippen LogP contribution in [0.2, 0.25) is 0 Å². The minimum absolute atomic E-state index is 0.563. The van der Waals surface area contributed by atoms with Crippen LogP contribution in [-0.2, 0) is 5.41 Å². The lowest BCUT2D eigenvalue weighted by Gasteiger charge is -2.39. The maximum Gasteiger partial charge on any atom is 0.132 e. The molecule has 1 aliphatic carbocycles. The minimum atomic E-state index is -0.563. The van der Waals surface area contributed by atoms with Gasteiger partial charge >= 0.3 is 0 Å². The summed E-state index contributed by atoms with van der Waals surface area (Å²) in [4.78, 5) is 0. The molecule has 1 heterocycles. The Bertz CT molecular complexity index is 2810. The second-order valence-corrected chi connectivity index (χ2v) is 13.7. The molecule has 0 radical (unpaired) electrons. The molecule has 1 spiro atoms. The molecule has 2 heteroatoms. The maximum atomic E-state index is 6.98. The van der Waals surface area contributed by atoms with Gasteiger partial charge in [-0.1, -0.05) is 152 Å². The van der Waals surface area contributed by atoms with Gasteiger partial charge in [-0.2, -0.15) is 0 Å². The fraction of sp³-hybridized carbons (Fsp3) is 0.0204. The van der Waals surface area contributed by atoms with E-state index < -0.39 is 5.41 Å². The third kappa shape index (κ3) is 3.71. The van der Waals surface area contributed by atoms with E-state index in [2.05, 4.69) is 170 Å². The fourth-order valence-electron chi connectivity index (χ4n) is 9.31. The molecule has 0 saturated heterocycles. The molecule has 9 aromatic carbocycles. The lowest BCUT2D eigenvalue weighted by Crippen LogP contribution is -2.32. The number of nitrogens with two attached hydrogens (primary N) is 1. The summed E-state index contributed by atoms with van der Waals surface area (Å²) in [7, 11) is 0. The standard InChI is InChI=1S/C49H31NO/c50-43-24-12-23-42-48(43)38-29-31(27-28-39(38)49(42)40-21-7-9-25-44(40)51-45-26-10-8-22-41(45)49)46-34-16-3-5-18-36(34)47(37-19-6-4-17-35(37)46)33-20-11-14-30-13-1-2-15-32(30)33/h1-29H,50H2. The van der Waals surface area contributed by atoms with Crippen molar-refractivity contribution in [3.05, 3.63) is 198 Å². The summed E-state index contributed by atoms with van der Waals surface area (Å²) < 4.78 is 6.56. The van der Waals surface area contributed by atoms with E-state index in [1.807, 2.05) is 6.07 Å². The third-order valence-corrected chi connectivity index (χ3v) is 11.3. The van der Waals surface area contributed by atoms with Gasteiger partial charge in [-0.25, -0.2) is 0 Å². The van der Waals surface area contributed by atoms with Gasteiger partial charge in [0.1, 0.15) is 11.5 Å². The Labute approximate surface area is 296 Å². The quantitative estimate of drug-likeness (QED) is 0.149. The number of anilines is 1. The van der Waals surface area contributed by atoms with Crippen LogP contribution in [0.15, 0.2) is 176 Å². The molecule has 1 aliphatic heterocycles. The highest BCUT2D eigenvalue weighted by atomic mass is 16.5. The van der Waals surface area contributed by atoms with Gasteiger partial charge in [0.2, 0.25) is 0 Å². The number of ether oxygens (including phenoxy) is 1. The second-order valence-electron chi connectivity index (χ2n) is 13.7. The van der Waals surface area contributed by atoms with Crippen molar-refractivity contribution in [2.45, 2.75) is 5.41 Å². The number of hydrogen-bond acceptors (Lipinski definition) is 2. The van der Waals surface area contributed by atoms with E-state index in [0.717, 1.165) is 33.9 Å². The molecule has 238 valence electrons. The predicted molar refractivity (Wildman–Crippen MR) is 212 cm³/mol. The number of fused-ring (bicyclic) bond motifs is 12. The molecule has 0 atom stereocenters. The lowest BCUT2D eigenvalue weighted by molar-refractivity contribution is 0.436. The van der Waals surface area contributed by atoms with Crippen molar-refractivity contribution in [2.75, 3.05) is 5.73 Å². The van der Waals surface area contributed by atoms with Crippen molar-refractivity contribution in [1.29, 1.82) is 0 Å². The van der Waals surface area contributed by atoms with Crippen LogP contribution in [-0.4, -0.2) is 0 Å². The molecule has 0 unspecified atom stereocenters. The van der Waals surface area contributed by atoms with Crippen LogP contribution >= 0.6 is 0 Å². The van der Waals surface area contributed by atoms with Crippen molar-refractivity contribution < 1.29 is 4.74 Å². The molecule has 0 bridgehead atoms. The second kappa shape index (κ2) is 10.4. The van der Waals surface area contributed by atoms with Crippen molar-refractivity contribution in [2.24, 2.45) is 0 Å². The minimum Gasteiger partial charge on any atom is -0.457 e. The van der Waals surface area contributed by atoms with Crippen LogP contribution in [0.3, 0.4) is 0 Å². The molecule has 51 heavy (non-hydrogen) atoms. The zero-order valence-electron chi connectivity index (χ0n) is 27.7. The molecule has 9 aromatic rings. The molecule has 2 nitrogen and oxygen atoms in total. The normalized spacial score (nSPS) is 13.5. The van der Waals surface area contributed by atoms with Gasteiger partial charge in [-0.15, -0.1) is 0 Å². The zero-order valence-corrected chi connectivity index (χ0v) is 27.7. The average molecular weight is 650 g/mol. The van der Waals surface area contributed by atoms with E-state index in [9.17, 15) is 0 Å². The van der Waals surface area contributed by atoms with Crippen LogP contribution in [0.5, 0.6) is 11.5 Å². The van der Waals surface area contributed by atoms with E-state index in [1.165, 1.54) is 71.3 Å². The Morgan fingerprint density at radius 3 is 1.59 bits per heavy atom. The van der Waals surface area contributed by atoms with Crippen molar-refractivity contribution in [3.8, 4) is 44.9 Å². The van der Waals surface area contributed by atoms with Gasteiger partial charge < -0.3 is 10.5 Å². The van der Waals surface area contributed by atoms with E-state index in [0.29, 0.717) is 0 Å². The number of hydrogen-bond donors (Lipinski definition) is 1. The largest absolute Gasteiger partial charge is 0.457 e. The van der Waals surface area contributed by atoms with Crippen LogP contribution in [0.4, 0.5) is 5.69 Å². The van der Waals surface area contributed by atoms with E-state index in [4.69, 9.17) is 10.5 Å². The summed E-state index contributed by atoms with van der Waals surface area (Å²) in [5.41, 5.74) is 19.1. The summed E-state index contributed by atoms with van der Waals surface area (Å²) in [6.07, 6.45) is 0. The Hall–Kier alpha value is -6.64. The monoisotopic (exact) mass is 649 g/mol. The molecule has 0 amide bonds. The van der Waals surface area contributed by atoms with E-state index in [-0.39, 0.29) is 0 Å². The van der Waals surface area contributed by atoms with Gasteiger partial charge in [-0.3, -0.25) is 0 Å². The maximum absolute atomic E-state index is 6.98. The Morgan fingerprint density at radius 1 is 0.373 bits per heavy atom. The van der Waals surface area contributed by atoms with Crippen molar-refractivity contribution >= 4 is 38.0 Å². The lowest BCUT2D eigenvalue weighted by atomic mass is 9.66. The molecule has 0 aromatic heterocycles. The highest BCUT2D eigenvalue weighted by molar-refractivity contribution is 6.23. The summed E-state index contributed by atoms with van der Waals surface area (Å²) in [5, 5.41) is 7.45. The molecule has 0 saturated carbocycles. The smallest absolute Gasteiger partial charge is 0.132 e. The topological polar surface area (TPSA) is 35.2 Å². The first-order chi connectivity index (χ1) is 25.2. The molecule has 2 N–H and O–H groups in total. The summed E-state index contributed by atoms with van der Waals surface area (Å²) >= 11 is 0. The molecular weight excluding hydrogens is 619 g/mol. The van der Waals surface area contributed by atoms with Gasteiger partial charge in [0.05, 0.1) is 5.41 Å². The van der Waals surface area contributed by atoms with Gasteiger partial charge in [0.25, 0.3) is 0 Å². The first kappa shape index (κ1) is 28.2. The third-order valence-electron chi connectivity index (χ3n) is 11.3. The molecule has 0 fully saturated rings. The number of benzene rings is 9. The van der Waals surface area contributed by atoms with Gasteiger partial charge in [0.15, 0.2) is 0 Å². The van der Waals surface area contributed by atoms with Gasteiger partial charge in [0, 0.05) is 22.4 Å². The molecule has 2 aliphatic rings. The van der Waals surface area contributed by atoms with Crippen LogP contribution in [0, 0.1) is 0 Å². The summed E-state index contributed by atoms with van der Waals surface area (Å²) in [6, 6.07) is 63.6. The van der Waals surface area contributed by atoms with Crippen molar-refractivity contribution in [1.82, 2.24) is 0 Å². The van der Waals surface area contributed by atoms with Crippen LogP contribution < -0.4 is 10.5 Å². The van der Waals surface area contributed by atoms with Crippen molar-refractivity contribution in [3.63, 3.8) is 0 Å². The first-order valence-corrected chi connectivity index (χ1v) is 17.6. The Kier molecular flexibility index (Phi) is 5.77. The average Bonchev–Trinajstić information content (AvgIpc) is 3.47. The SMILES string of the molecule is Nc1cccc2c1-c1cc(-c3c4ccccc4c(-c4cccc5ccccc45)c4ccccc34)ccc1C21c2ccccc2Oc2ccccc21. The predicted octanol–water partition coefficient (Wildman–Crippen LogP) is 12.5. The number of rotatable bonds is 2. The Morgan fingerprint density at radius 2 is 0.902 bits per heavy atom. The fourth-order valence-corrected chi connectivity index (χ4v) is 9.31.